The van der Waals surface area contributed by atoms with E-state index in [4.69, 9.17) is 5.73 Å². The lowest BCUT2D eigenvalue weighted by molar-refractivity contribution is 0.102. The highest BCUT2D eigenvalue weighted by atomic mass is 32.1. The number of carbonyl (C=O) groups excluding carboxylic acids is 1. The lowest BCUT2D eigenvalue weighted by Gasteiger charge is -2.20. The number of rotatable bonds is 2. The van der Waals surface area contributed by atoms with Gasteiger partial charge in [-0.1, -0.05) is 0 Å². The van der Waals surface area contributed by atoms with Crippen LogP contribution >= 0.6 is 11.3 Å². The normalized spacial score (nSPS) is 15.1. The summed E-state index contributed by atoms with van der Waals surface area (Å²) >= 11 is 1.52. The van der Waals surface area contributed by atoms with Gasteiger partial charge in [-0.2, -0.15) is 5.10 Å². The topological polar surface area (TPSA) is 89.1 Å². The first-order chi connectivity index (χ1) is 9.54. The Morgan fingerprint density at radius 1 is 1.50 bits per heavy atom. The number of thiazole rings is 1. The largest absolute Gasteiger partial charge is 0.383 e. The van der Waals surface area contributed by atoms with E-state index in [0.29, 0.717) is 16.5 Å². The summed E-state index contributed by atoms with van der Waals surface area (Å²) in [5.41, 5.74) is 7.25. The van der Waals surface area contributed by atoms with Crippen LogP contribution in [-0.4, -0.2) is 39.2 Å². The third-order valence-corrected chi connectivity index (χ3v) is 4.37. The van der Waals surface area contributed by atoms with Crippen LogP contribution < -0.4 is 11.1 Å². The summed E-state index contributed by atoms with van der Waals surface area (Å²) in [5.74, 6) is 0.0820. The van der Waals surface area contributed by atoms with E-state index in [2.05, 4.69) is 27.3 Å². The van der Waals surface area contributed by atoms with Crippen molar-refractivity contribution in [1.29, 1.82) is 0 Å². The molecule has 106 valence electrons. The predicted octanol–water partition coefficient (Wildman–Crippen LogP) is 0.699. The average Bonchev–Trinajstić information content (AvgIpc) is 2.93. The molecule has 0 saturated carbocycles. The van der Waals surface area contributed by atoms with Crippen molar-refractivity contribution in [3.05, 3.63) is 22.3 Å². The second kappa shape index (κ2) is 4.88. The fourth-order valence-corrected chi connectivity index (χ4v) is 3.25. The molecule has 3 N–H and O–H groups in total. The molecular formula is C12H16N6OS. The van der Waals surface area contributed by atoms with Crippen LogP contribution in [0, 0.1) is 0 Å². The van der Waals surface area contributed by atoms with Crippen molar-refractivity contribution in [1.82, 2.24) is 19.7 Å². The van der Waals surface area contributed by atoms with Crippen LogP contribution in [-0.2, 0) is 20.0 Å². The number of nitrogens with two attached hydrogens (primary N) is 1. The number of amides is 1. The van der Waals surface area contributed by atoms with Gasteiger partial charge in [0.05, 0.1) is 11.9 Å². The van der Waals surface area contributed by atoms with Gasteiger partial charge in [0.2, 0.25) is 0 Å². The zero-order chi connectivity index (χ0) is 14.3. The van der Waals surface area contributed by atoms with Gasteiger partial charge in [-0.15, -0.1) is 11.3 Å². The van der Waals surface area contributed by atoms with Crippen molar-refractivity contribution in [3.63, 3.8) is 0 Å². The van der Waals surface area contributed by atoms with Gasteiger partial charge < -0.3 is 10.6 Å². The molecule has 0 aromatic carbocycles. The quantitative estimate of drug-likeness (QED) is 0.850. The second-order valence-electron chi connectivity index (χ2n) is 4.90. The molecule has 1 amide bonds. The Bertz CT molecular complexity index is 661. The van der Waals surface area contributed by atoms with Crippen LogP contribution in [0.3, 0.4) is 0 Å². The van der Waals surface area contributed by atoms with E-state index in [1.54, 1.807) is 7.05 Å². The maximum absolute atomic E-state index is 12.1. The number of fused-ring (bicyclic) bond motifs is 1. The Morgan fingerprint density at radius 3 is 3.00 bits per heavy atom. The molecule has 0 bridgehead atoms. The summed E-state index contributed by atoms with van der Waals surface area (Å²) in [6.07, 6.45) is 2.39. The van der Waals surface area contributed by atoms with Crippen molar-refractivity contribution in [2.24, 2.45) is 7.05 Å². The number of nitrogen functional groups attached to an aromatic ring is 1. The van der Waals surface area contributed by atoms with E-state index >= 15 is 0 Å². The van der Waals surface area contributed by atoms with Crippen LogP contribution in [0.15, 0.2) is 6.20 Å². The maximum atomic E-state index is 12.1. The van der Waals surface area contributed by atoms with Crippen molar-refractivity contribution >= 4 is 28.2 Å². The molecule has 8 heteroatoms. The fourth-order valence-electron chi connectivity index (χ4n) is 2.16. The smallest absolute Gasteiger partial charge is 0.262 e. The highest BCUT2D eigenvalue weighted by molar-refractivity contribution is 7.15. The maximum Gasteiger partial charge on any atom is 0.262 e. The number of carbonyl (C=O) groups is 1. The van der Waals surface area contributed by atoms with Crippen molar-refractivity contribution in [3.8, 4) is 0 Å². The summed E-state index contributed by atoms with van der Waals surface area (Å²) in [4.78, 5) is 20.1. The van der Waals surface area contributed by atoms with E-state index in [0.717, 1.165) is 25.2 Å². The first kappa shape index (κ1) is 13.1. The summed E-state index contributed by atoms with van der Waals surface area (Å²) in [7, 11) is 3.78. The molecular weight excluding hydrogens is 276 g/mol. The van der Waals surface area contributed by atoms with Crippen LogP contribution in [0.1, 0.15) is 20.9 Å². The zero-order valence-corrected chi connectivity index (χ0v) is 12.2. The molecule has 0 saturated heterocycles. The van der Waals surface area contributed by atoms with Crippen molar-refractivity contribution in [2.45, 2.75) is 13.0 Å². The fraction of sp³-hybridized carbons (Fsp3) is 0.417. The van der Waals surface area contributed by atoms with Crippen LogP contribution in [0.5, 0.6) is 0 Å². The molecule has 3 rings (SSSR count). The van der Waals surface area contributed by atoms with Crippen LogP contribution in [0.25, 0.3) is 0 Å². The number of hydrogen-bond acceptors (Lipinski definition) is 6. The minimum atomic E-state index is -0.268. The van der Waals surface area contributed by atoms with Gasteiger partial charge >= 0.3 is 0 Å². The molecule has 0 atom stereocenters. The minimum Gasteiger partial charge on any atom is -0.383 e. The molecule has 0 radical (unpaired) electrons. The van der Waals surface area contributed by atoms with E-state index in [1.807, 2.05) is 0 Å². The van der Waals surface area contributed by atoms with Gasteiger partial charge in [-0.3, -0.25) is 14.8 Å². The SMILES string of the molecule is CN1CCc2nc(NC(=O)c3cnn(C)c3N)sc2C1. The molecule has 0 spiro atoms. The molecule has 1 aliphatic rings. The van der Waals surface area contributed by atoms with Gasteiger partial charge in [0.1, 0.15) is 11.4 Å². The summed E-state index contributed by atoms with van der Waals surface area (Å²) in [5, 5.41) is 7.39. The van der Waals surface area contributed by atoms with Crippen molar-refractivity contribution in [2.75, 3.05) is 24.6 Å². The zero-order valence-electron chi connectivity index (χ0n) is 11.4. The second-order valence-corrected chi connectivity index (χ2v) is 5.98. The standard InChI is InChI=1S/C12H16N6OS/c1-17-4-3-8-9(6-17)20-12(15-8)16-11(19)7-5-14-18(2)10(7)13/h5H,3-4,6,13H2,1-2H3,(H,15,16,19). The Kier molecular flexibility index (Phi) is 3.19. The Labute approximate surface area is 120 Å². The first-order valence-corrected chi connectivity index (χ1v) is 7.12. The molecule has 0 aliphatic carbocycles. The molecule has 3 heterocycles. The number of anilines is 2. The minimum absolute atomic E-state index is 0.268. The number of aryl methyl sites for hydroxylation is 1. The highest BCUT2D eigenvalue weighted by Gasteiger charge is 2.20. The highest BCUT2D eigenvalue weighted by Crippen LogP contribution is 2.28. The Hall–Kier alpha value is -1.93. The van der Waals surface area contributed by atoms with E-state index < -0.39 is 0 Å². The molecule has 7 nitrogen and oxygen atoms in total. The number of nitrogens with one attached hydrogen (secondary N) is 1. The van der Waals surface area contributed by atoms with Gasteiger partial charge in [0.15, 0.2) is 5.13 Å². The third-order valence-electron chi connectivity index (χ3n) is 3.37. The predicted molar refractivity (Wildman–Crippen MR) is 77.7 cm³/mol. The molecule has 20 heavy (non-hydrogen) atoms. The summed E-state index contributed by atoms with van der Waals surface area (Å²) in [6, 6.07) is 0. The Morgan fingerprint density at radius 2 is 2.30 bits per heavy atom. The average molecular weight is 292 g/mol. The summed E-state index contributed by atoms with van der Waals surface area (Å²) < 4.78 is 1.47. The molecule has 0 fully saturated rings. The van der Waals surface area contributed by atoms with Crippen LogP contribution in [0.2, 0.25) is 0 Å². The molecule has 2 aromatic heterocycles. The van der Waals surface area contributed by atoms with E-state index in [1.165, 1.54) is 27.1 Å². The van der Waals surface area contributed by atoms with Gasteiger partial charge in [0, 0.05) is 31.4 Å². The lowest BCUT2D eigenvalue weighted by Crippen LogP contribution is -2.25. The number of nitrogens with zero attached hydrogens (tertiary/aromatic N) is 4. The van der Waals surface area contributed by atoms with E-state index in [9.17, 15) is 4.79 Å². The number of hydrogen-bond donors (Lipinski definition) is 2. The van der Waals surface area contributed by atoms with Gasteiger partial charge in [-0.05, 0) is 7.05 Å². The van der Waals surface area contributed by atoms with Gasteiger partial charge in [0.25, 0.3) is 5.91 Å². The molecule has 0 unspecified atom stereocenters. The molecule has 2 aromatic rings. The third kappa shape index (κ3) is 2.27. The molecule has 1 aliphatic heterocycles. The summed E-state index contributed by atoms with van der Waals surface area (Å²) in [6.45, 7) is 1.89. The van der Waals surface area contributed by atoms with E-state index in [-0.39, 0.29) is 5.91 Å². The lowest BCUT2D eigenvalue weighted by atomic mass is 10.2. The first-order valence-electron chi connectivity index (χ1n) is 6.30. The number of aromatic nitrogens is 3. The van der Waals surface area contributed by atoms with Crippen LogP contribution in [0.4, 0.5) is 10.9 Å². The Balaban J connectivity index is 1.78. The monoisotopic (exact) mass is 292 g/mol. The number of likely N-dealkylation sites (N-methyl/N-ethyl adjacent to an activating group) is 1. The van der Waals surface area contributed by atoms with Crippen molar-refractivity contribution < 1.29 is 4.79 Å². The van der Waals surface area contributed by atoms with Gasteiger partial charge in [-0.25, -0.2) is 4.98 Å².